The Kier molecular flexibility index (Phi) is 6.63. The van der Waals surface area contributed by atoms with Crippen molar-refractivity contribution in [1.82, 2.24) is 14.8 Å². The third-order valence-electron chi connectivity index (χ3n) is 5.24. The van der Waals surface area contributed by atoms with Gasteiger partial charge < -0.3 is 10.1 Å². The van der Waals surface area contributed by atoms with Gasteiger partial charge in [-0.25, -0.2) is 4.79 Å². The molecule has 1 aliphatic rings. The normalized spacial score (nSPS) is 13.3. The molecule has 162 valence electrons. The molecule has 2 heterocycles. The van der Waals surface area contributed by atoms with E-state index in [2.05, 4.69) is 15.5 Å². The minimum absolute atomic E-state index is 0.224. The fourth-order valence-corrected chi connectivity index (χ4v) is 3.99. The predicted molar refractivity (Wildman–Crippen MR) is 122 cm³/mol. The molecular formula is C22H23Cl2N5O2. The average molecular weight is 460 g/mol. The summed E-state index contributed by atoms with van der Waals surface area (Å²) in [4.78, 5) is 15.0. The minimum atomic E-state index is -0.330. The third-order valence-corrected chi connectivity index (χ3v) is 5.73. The summed E-state index contributed by atoms with van der Waals surface area (Å²) in [6.45, 7) is 0.996. The Bertz CT molecular complexity index is 1070. The van der Waals surface area contributed by atoms with Gasteiger partial charge in [0.05, 0.1) is 13.7 Å². The van der Waals surface area contributed by atoms with Crippen LogP contribution in [0.25, 0.3) is 0 Å². The van der Waals surface area contributed by atoms with E-state index in [9.17, 15) is 4.79 Å². The number of hydrogen-bond acceptors (Lipinski definition) is 4. The first-order valence-corrected chi connectivity index (χ1v) is 10.9. The van der Waals surface area contributed by atoms with Crippen LogP contribution in [0.3, 0.4) is 0 Å². The van der Waals surface area contributed by atoms with Crippen molar-refractivity contribution in [2.24, 2.45) is 0 Å². The van der Waals surface area contributed by atoms with Crippen LogP contribution < -0.4 is 15.0 Å². The Labute approximate surface area is 190 Å². The van der Waals surface area contributed by atoms with E-state index in [0.717, 1.165) is 43.6 Å². The molecular weight excluding hydrogens is 437 g/mol. The molecule has 31 heavy (non-hydrogen) atoms. The van der Waals surface area contributed by atoms with Crippen LogP contribution in [0.15, 0.2) is 42.5 Å². The number of rotatable bonds is 5. The molecule has 1 N–H and O–H groups in total. The van der Waals surface area contributed by atoms with Crippen molar-refractivity contribution in [3.8, 4) is 5.75 Å². The van der Waals surface area contributed by atoms with Crippen LogP contribution in [0.2, 0.25) is 10.0 Å². The zero-order valence-corrected chi connectivity index (χ0v) is 18.7. The number of ether oxygens (including phenoxy) is 1. The maximum absolute atomic E-state index is 13.4. The number of urea groups is 1. The number of halogens is 2. The number of nitrogens with one attached hydrogen (secondary N) is 1. The Morgan fingerprint density at radius 3 is 2.65 bits per heavy atom. The summed E-state index contributed by atoms with van der Waals surface area (Å²) in [7, 11) is 1.59. The molecule has 0 aliphatic carbocycles. The fraction of sp³-hybridized carbons (Fsp3) is 0.318. The summed E-state index contributed by atoms with van der Waals surface area (Å²) in [5, 5.41) is 12.8. The molecule has 3 aromatic rings. The number of carbonyl (C=O) groups excluding carboxylic acids is 1. The van der Waals surface area contributed by atoms with Gasteiger partial charge in [0.2, 0.25) is 5.95 Å². The molecule has 0 bridgehead atoms. The molecule has 0 spiro atoms. The second-order valence-corrected chi connectivity index (χ2v) is 8.23. The van der Waals surface area contributed by atoms with Gasteiger partial charge in [0, 0.05) is 34.3 Å². The van der Waals surface area contributed by atoms with Crippen LogP contribution in [0.5, 0.6) is 5.75 Å². The van der Waals surface area contributed by atoms with Crippen LogP contribution in [-0.2, 0) is 19.5 Å². The van der Waals surface area contributed by atoms with Gasteiger partial charge in [-0.2, -0.15) is 0 Å². The van der Waals surface area contributed by atoms with Gasteiger partial charge in [-0.1, -0.05) is 29.6 Å². The second-order valence-electron chi connectivity index (χ2n) is 7.36. The predicted octanol–water partition coefficient (Wildman–Crippen LogP) is 5.56. The Balaban J connectivity index is 1.70. The van der Waals surface area contributed by atoms with Crippen molar-refractivity contribution in [2.45, 2.75) is 38.8 Å². The maximum atomic E-state index is 13.4. The Morgan fingerprint density at radius 1 is 1.10 bits per heavy atom. The lowest BCUT2D eigenvalue weighted by Crippen LogP contribution is -2.36. The van der Waals surface area contributed by atoms with E-state index in [1.54, 1.807) is 54.5 Å². The SMILES string of the molecule is COc1ccc(Cl)cc1CN(C(=O)Nc1ccc(Cl)cc1)c1nnc2n1CCCCC2. The number of nitrogens with zero attached hydrogens (tertiary/aromatic N) is 4. The van der Waals surface area contributed by atoms with Crippen LogP contribution in [0.1, 0.15) is 30.7 Å². The van der Waals surface area contributed by atoms with Crippen LogP contribution in [0.4, 0.5) is 16.4 Å². The molecule has 0 fully saturated rings. The van der Waals surface area contributed by atoms with Crippen LogP contribution in [0, 0.1) is 0 Å². The number of hydrogen-bond donors (Lipinski definition) is 1. The lowest BCUT2D eigenvalue weighted by Gasteiger charge is -2.24. The van der Waals surface area contributed by atoms with Crippen molar-refractivity contribution in [1.29, 1.82) is 0 Å². The van der Waals surface area contributed by atoms with E-state index in [0.29, 0.717) is 27.4 Å². The molecule has 0 saturated heterocycles. The van der Waals surface area contributed by atoms with E-state index in [-0.39, 0.29) is 12.6 Å². The smallest absolute Gasteiger partial charge is 0.329 e. The monoisotopic (exact) mass is 459 g/mol. The van der Waals surface area contributed by atoms with Crippen molar-refractivity contribution in [2.75, 3.05) is 17.3 Å². The van der Waals surface area contributed by atoms with Gasteiger partial charge in [-0.05, 0) is 55.3 Å². The Morgan fingerprint density at radius 2 is 1.87 bits per heavy atom. The van der Waals surface area contributed by atoms with E-state index in [1.807, 2.05) is 4.57 Å². The van der Waals surface area contributed by atoms with Crippen molar-refractivity contribution < 1.29 is 9.53 Å². The standard InChI is InChI=1S/C22H23Cl2N5O2/c1-31-19-11-8-17(24)13-15(19)14-29(22(30)25-18-9-6-16(23)7-10-18)21-27-26-20-5-3-2-4-12-28(20)21/h6-11,13H,2-5,12,14H2,1H3,(H,25,30). The number of aryl methyl sites for hydroxylation is 1. The molecule has 0 saturated carbocycles. The molecule has 1 aliphatic heterocycles. The summed E-state index contributed by atoms with van der Waals surface area (Å²) in [5.41, 5.74) is 1.40. The van der Waals surface area contributed by atoms with Crippen molar-refractivity contribution in [3.05, 3.63) is 63.9 Å². The summed E-state index contributed by atoms with van der Waals surface area (Å²) in [6, 6.07) is 12.0. The summed E-state index contributed by atoms with van der Waals surface area (Å²) in [6.07, 6.45) is 4.06. The fourth-order valence-electron chi connectivity index (χ4n) is 3.67. The number of benzene rings is 2. The lowest BCUT2D eigenvalue weighted by atomic mass is 10.2. The highest BCUT2D eigenvalue weighted by Crippen LogP contribution is 2.28. The van der Waals surface area contributed by atoms with Crippen molar-refractivity contribution in [3.63, 3.8) is 0 Å². The molecule has 7 nitrogen and oxygen atoms in total. The van der Waals surface area contributed by atoms with Crippen LogP contribution in [-0.4, -0.2) is 27.9 Å². The quantitative estimate of drug-likeness (QED) is 0.541. The molecule has 2 amide bonds. The van der Waals surface area contributed by atoms with Crippen LogP contribution >= 0.6 is 23.2 Å². The van der Waals surface area contributed by atoms with Gasteiger partial charge in [-0.15, -0.1) is 10.2 Å². The first kappa shape index (κ1) is 21.5. The highest BCUT2D eigenvalue weighted by atomic mass is 35.5. The number of carbonyl (C=O) groups is 1. The maximum Gasteiger partial charge on any atom is 0.329 e. The summed E-state index contributed by atoms with van der Waals surface area (Å²) < 4.78 is 7.52. The van der Waals surface area contributed by atoms with E-state index in [1.165, 1.54) is 0 Å². The van der Waals surface area contributed by atoms with Gasteiger partial charge in [0.15, 0.2) is 0 Å². The zero-order chi connectivity index (χ0) is 21.8. The number of amides is 2. The van der Waals surface area contributed by atoms with Gasteiger partial charge >= 0.3 is 6.03 Å². The minimum Gasteiger partial charge on any atom is -0.496 e. The first-order valence-electron chi connectivity index (χ1n) is 10.1. The van der Waals surface area contributed by atoms with E-state index < -0.39 is 0 Å². The molecule has 1 aromatic heterocycles. The van der Waals surface area contributed by atoms with Gasteiger partial charge in [0.25, 0.3) is 0 Å². The number of anilines is 2. The number of fused-ring (bicyclic) bond motifs is 1. The van der Waals surface area contributed by atoms with Gasteiger partial charge in [0.1, 0.15) is 11.6 Å². The average Bonchev–Trinajstić information content (AvgIpc) is 3.00. The molecule has 0 unspecified atom stereocenters. The van der Waals surface area contributed by atoms with E-state index in [4.69, 9.17) is 27.9 Å². The molecule has 0 radical (unpaired) electrons. The highest BCUT2D eigenvalue weighted by Gasteiger charge is 2.26. The summed E-state index contributed by atoms with van der Waals surface area (Å²) >= 11 is 12.2. The number of methoxy groups -OCH3 is 1. The second kappa shape index (κ2) is 9.58. The molecule has 0 atom stereocenters. The highest BCUT2D eigenvalue weighted by molar-refractivity contribution is 6.31. The first-order chi connectivity index (χ1) is 15.0. The van der Waals surface area contributed by atoms with E-state index >= 15 is 0 Å². The molecule has 2 aromatic carbocycles. The topological polar surface area (TPSA) is 72.3 Å². The number of aromatic nitrogens is 3. The summed E-state index contributed by atoms with van der Waals surface area (Å²) in [5.74, 6) is 2.05. The molecule has 9 heteroatoms. The van der Waals surface area contributed by atoms with Crippen molar-refractivity contribution >= 4 is 40.9 Å². The molecule has 4 rings (SSSR count). The third kappa shape index (κ3) is 4.94. The van der Waals surface area contributed by atoms with Gasteiger partial charge in [-0.3, -0.25) is 9.47 Å². The zero-order valence-electron chi connectivity index (χ0n) is 17.1. The lowest BCUT2D eigenvalue weighted by molar-refractivity contribution is 0.256. The largest absolute Gasteiger partial charge is 0.496 e. The Hall–Kier alpha value is -2.77.